The number of piperidine rings is 1. The molecule has 0 bridgehead atoms. The van der Waals surface area contributed by atoms with Gasteiger partial charge in [-0.25, -0.2) is 8.42 Å². The molecule has 5 heteroatoms. The summed E-state index contributed by atoms with van der Waals surface area (Å²) in [5.41, 5.74) is 7.33. The van der Waals surface area contributed by atoms with Crippen LogP contribution in [0.4, 0.5) is 11.4 Å². The first-order valence-electron chi connectivity index (χ1n) is 7.27. The molecule has 112 valence electrons. The summed E-state index contributed by atoms with van der Waals surface area (Å²) >= 11 is 0. The topological polar surface area (TPSA) is 63.4 Å². The lowest BCUT2D eigenvalue weighted by atomic mass is 9.92. The summed E-state index contributed by atoms with van der Waals surface area (Å²) in [5, 5.41) is 0. The van der Waals surface area contributed by atoms with Gasteiger partial charge in [0.2, 0.25) is 0 Å². The Morgan fingerprint density at radius 2 is 1.95 bits per heavy atom. The van der Waals surface area contributed by atoms with Gasteiger partial charge < -0.3 is 10.6 Å². The Kier molecular flexibility index (Phi) is 4.58. The van der Waals surface area contributed by atoms with Crippen molar-refractivity contribution in [3.05, 3.63) is 18.2 Å². The van der Waals surface area contributed by atoms with Gasteiger partial charge in [0.25, 0.3) is 0 Å². The van der Waals surface area contributed by atoms with Crippen molar-refractivity contribution < 1.29 is 8.42 Å². The maximum absolute atomic E-state index is 11.7. The zero-order chi connectivity index (χ0) is 14.8. The van der Waals surface area contributed by atoms with Crippen LogP contribution in [0.2, 0.25) is 0 Å². The lowest BCUT2D eigenvalue weighted by molar-refractivity contribution is 0.378. The van der Waals surface area contributed by atoms with Gasteiger partial charge in [-0.15, -0.1) is 0 Å². The second-order valence-electron chi connectivity index (χ2n) is 5.68. The van der Waals surface area contributed by atoms with E-state index in [-0.39, 0.29) is 4.90 Å². The standard InChI is InChI=1S/C15H24N2O2S/c1-3-5-12-8-10-17(11-9-12)13-6-4-7-14(15(13)16)20(2,18)19/h4,6-7,12H,3,5,8-11,16H2,1-2H3. The van der Waals surface area contributed by atoms with Crippen LogP contribution in [0.5, 0.6) is 0 Å². The third-order valence-corrected chi connectivity index (χ3v) is 5.25. The van der Waals surface area contributed by atoms with Gasteiger partial charge in [-0.2, -0.15) is 0 Å². The number of hydrogen-bond acceptors (Lipinski definition) is 4. The van der Waals surface area contributed by atoms with Crippen LogP contribution in [0.1, 0.15) is 32.6 Å². The Labute approximate surface area is 121 Å². The average molecular weight is 296 g/mol. The fraction of sp³-hybridized carbons (Fsp3) is 0.600. The van der Waals surface area contributed by atoms with Crippen molar-refractivity contribution in [2.45, 2.75) is 37.5 Å². The molecule has 0 radical (unpaired) electrons. The number of rotatable bonds is 4. The first-order chi connectivity index (χ1) is 9.43. The molecule has 1 fully saturated rings. The highest BCUT2D eigenvalue weighted by molar-refractivity contribution is 7.90. The van der Waals surface area contributed by atoms with Gasteiger partial charge in [0.15, 0.2) is 9.84 Å². The number of sulfone groups is 1. The molecule has 1 aromatic carbocycles. The van der Waals surface area contributed by atoms with Crippen LogP contribution in [-0.2, 0) is 9.84 Å². The molecule has 1 saturated heterocycles. The van der Waals surface area contributed by atoms with Crippen LogP contribution in [0, 0.1) is 5.92 Å². The van der Waals surface area contributed by atoms with E-state index < -0.39 is 9.84 Å². The van der Waals surface area contributed by atoms with Crippen molar-refractivity contribution >= 4 is 21.2 Å². The van der Waals surface area contributed by atoms with E-state index >= 15 is 0 Å². The molecule has 1 aliphatic heterocycles. The second kappa shape index (κ2) is 6.04. The van der Waals surface area contributed by atoms with Gasteiger partial charge in [0.1, 0.15) is 0 Å². The summed E-state index contributed by atoms with van der Waals surface area (Å²) in [5.74, 6) is 0.801. The van der Waals surface area contributed by atoms with E-state index in [9.17, 15) is 8.42 Å². The van der Waals surface area contributed by atoms with Crippen LogP contribution < -0.4 is 10.6 Å². The molecule has 20 heavy (non-hydrogen) atoms. The van der Waals surface area contributed by atoms with E-state index in [1.807, 2.05) is 6.07 Å². The van der Waals surface area contributed by atoms with Crippen molar-refractivity contribution in [2.24, 2.45) is 5.92 Å². The third kappa shape index (κ3) is 3.26. The Morgan fingerprint density at radius 3 is 2.50 bits per heavy atom. The monoisotopic (exact) mass is 296 g/mol. The normalized spacial score (nSPS) is 17.4. The SMILES string of the molecule is CCCC1CCN(c2cccc(S(C)(=O)=O)c2N)CC1. The summed E-state index contributed by atoms with van der Waals surface area (Å²) in [4.78, 5) is 2.46. The molecule has 0 unspecified atom stereocenters. The number of benzene rings is 1. The minimum Gasteiger partial charge on any atom is -0.396 e. The zero-order valence-corrected chi connectivity index (χ0v) is 13.1. The maximum Gasteiger partial charge on any atom is 0.177 e. The minimum absolute atomic E-state index is 0.241. The van der Waals surface area contributed by atoms with E-state index in [0.29, 0.717) is 5.69 Å². The van der Waals surface area contributed by atoms with Gasteiger partial charge in [-0.05, 0) is 30.9 Å². The fourth-order valence-corrected chi connectivity index (χ4v) is 3.83. The van der Waals surface area contributed by atoms with E-state index in [2.05, 4.69) is 11.8 Å². The smallest absolute Gasteiger partial charge is 0.177 e. The molecular formula is C15H24N2O2S. The first kappa shape index (κ1) is 15.2. The number of nitrogens with two attached hydrogens (primary N) is 1. The van der Waals surface area contributed by atoms with Crippen molar-refractivity contribution in [3.63, 3.8) is 0 Å². The lowest BCUT2D eigenvalue weighted by Gasteiger charge is -2.34. The Morgan fingerprint density at radius 1 is 1.30 bits per heavy atom. The molecule has 1 aliphatic rings. The minimum atomic E-state index is -3.27. The molecule has 0 saturated carbocycles. The summed E-state index contributed by atoms with van der Waals surface area (Å²) in [7, 11) is -3.27. The first-order valence-corrected chi connectivity index (χ1v) is 9.16. The molecule has 1 heterocycles. The van der Waals surface area contributed by atoms with Crippen molar-refractivity contribution in [1.29, 1.82) is 0 Å². The molecule has 2 rings (SSSR count). The van der Waals surface area contributed by atoms with Gasteiger partial charge in [0, 0.05) is 19.3 Å². The highest BCUT2D eigenvalue weighted by Gasteiger charge is 2.22. The van der Waals surface area contributed by atoms with Gasteiger partial charge in [-0.1, -0.05) is 25.8 Å². The van der Waals surface area contributed by atoms with Crippen LogP contribution >= 0.6 is 0 Å². The third-order valence-electron chi connectivity index (χ3n) is 4.09. The Hall–Kier alpha value is -1.23. The zero-order valence-electron chi connectivity index (χ0n) is 12.3. The number of nitrogens with zero attached hydrogens (tertiary/aromatic N) is 1. The quantitative estimate of drug-likeness (QED) is 0.868. The molecule has 2 N–H and O–H groups in total. The number of nitrogen functional groups attached to an aromatic ring is 1. The van der Waals surface area contributed by atoms with Crippen LogP contribution in [-0.4, -0.2) is 27.8 Å². The molecule has 1 aromatic rings. The molecule has 0 amide bonds. The number of para-hydroxylation sites is 1. The highest BCUT2D eigenvalue weighted by Crippen LogP contribution is 2.33. The number of hydrogen-bond donors (Lipinski definition) is 1. The summed E-state index contributed by atoms with van der Waals surface area (Å²) < 4.78 is 23.5. The van der Waals surface area contributed by atoms with Gasteiger partial charge in [-0.3, -0.25) is 0 Å². The predicted octanol–water partition coefficient (Wildman–Crippen LogP) is 2.69. The molecule has 4 nitrogen and oxygen atoms in total. The van der Waals surface area contributed by atoms with E-state index in [1.165, 1.54) is 19.1 Å². The lowest BCUT2D eigenvalue weighted by Crippen LogP contribution is -2.34. The summed E-state index contributed by atoms with van der Waals surface area (Å²) in [6, 6.07) is 5.28. The van der Waals surface area contributed by atoms with E-state index in [1.54, 1.807) is 12.1 Å². The molecule has 0 atom stereocenters. The van der Waals surface area contributed by atoms with Crippen LogP contribution in [0.3, 0.4) is 0 Å². The van der Waals surface area contributed by atoms with Gasteiger partial charge >= 0.3 is 0 Å². The van der Waals surface area contributed by atoms with Crippen LogP contribution in [0.25, 0.3) is 0 Å². The Balaban J connectivity index is 2.19. The average Bonchev–Trinajstić information content (AvgIpc) is 2.39. The van der Waals surface area contributed by atoms with Crippen molar-refractivity contribution in [3.8, 4) is 0 Å². The van der Waals surface area contributed by atoms with Gasteiger partial charge in [0.05, 0.1) is 16.3 Å². The van der Waals surface area contributed by atoms with E-state index in [4.69, 9.17) is 5.73 Å². The predicted molar refractivity (Wildman–Crippen MR) is 83.8 cm³/mol. The Bertz CT molecular complexity index is 561. The largest absolute Gasteiger partial charge is 0.396 e. The molecule has 0 aliphatic carbocycles. The summed E-state index contributed by atoms with van der Waals surface area (Å²) in [6.07, 6.45) is 6.05. The molecular weight excluding hydrogens is 272 g/mol. The number of anilines is 2. The van der Waals surface area contributed by atoms with E-state index in [0.717, 1.165) is 37.5 Å². The second-order valence-corrected chi connectivity index (χ2v) is 7.66. The fourth-order valence-electron chi connectivity index (χ4n) is 3.00. The van der Waals surface area contributed by atoms with Crippen LogP contribution in [0.15, 0.2) is 23.1 Å². The molecule has 0 aromatic heterocycles. The summed E-state index contributed by atoms with van der Waals surface area (Å²) in [6.45, 7) is 4.14. The maximum atomic E-state index is 11.7. The molecule has 0 spiro atoms. The van der Waals surface area contributed by atoms with Crippen molar-refractivity contribution in [2.75, 3.05) is 30.0 Å². The highest BCUT2D eigenvalue weighted by atomic mass is 32.2. The van der Waals surface area contributed by atoms with Crippen molar-refractivity contribution in [1.82, 2.24) is 0 Å².